The van der Waals surface area contributed by atoms with Crippen LogP contribution in [-0.2, 0) is 0 Å². The van der Waals surface area contributed by atoms with E-state index in [-0.39, 0.29) is 0 Å². The van der Waals surface area contributed by atoms with Crippen molar-refractivity contribution in [1.29, 1.82) is 0 Å². The number of hydrogen-bond donors (Lipinski definition) is 0. The minimum absolute atomic E-state index is 0.565. The van der Waals surface area contributed by atoms with Crippen molar-refractivity contribution < 1.29 is 4.42 Å². The predicted molar refractivity (Wildman–Crippen MR) is 254 cm³/mol. The zero-order valence-electron chi connectivity index (χ0n) is 33.5. The maximum atomic E-state index is 6.35. The molecule has 0 N–H and O–H groups in total. The molecule has 5 nitrogen and oxygen atoms in total. The molecule has 0 amide bonds. The Morgan fingerprint density at radius 2 is 0.742 bits per heavy atom. The second-order valence-electron chi connectivity index (χ2n) is 15.6. The summed E-state index contributed by atoms with van der Waals surface area (Å²) in [6.07, 6.45) is 0. The molecule has 0 atom stereocenters. The molecule has 5 heteroatoms. The fourth-order valence-corrected chi connectivity index (χ4v) is 8.85. The van der Waals surface area contributed by atoms with Crippen LogP contribution in [-0.4, -0.2) is 19.5 Å². The van der Waals surface area contributed by atoms with Crippen LogP contribution >= 0.6 is 0 Å². The molecule has 0 unspecified atom stereocenters. The molecule has 0 aliphatic heterocycles. The van der Waals surface area contributed by atoms with E-state index in [2.05, 4.69) is 193 Å². The molecular formula is C57H36N4O. The van der Waals surface area contributed by atoms with E-state index >= 15 is 0 Å². The van der Waals surface area contributed by atoms with Gasteiger partial charge in [-0.05, 0) is 70.3 Å². The van der Waals surface area contributed by atoms with Gasteiger partial charge in [-0.1, -0.05) is 176 Å². The van der Waals surface area contributed by atoms with Crippen molar-refractivity contribution in [2.24, 2.45) is 0 Å². The van der Waals surface area contributed by atoms with Gasteiger partial charge in [0.25, 0.3) is 0 Å². The van der Waals surface area contributed by atoms with Crippen LogP contribution < -0.4 is 0 Å². The van der Waals surface area contributed by atoms with Crippen molar-refractivity contribution in [2.45, 2.75) is 0 Å². The fraction of sp³-hybridized carbons (Fsp3) is 0. The zero-order chi connectivity index (χ0) is 41.0. The van der Waals surface area contributed by atoms with Crippen LogP contribution in [0.3, 0.4) is 0 Å². The Labute approximate surface area is 357 Å². The normalized spacial score (nSPS) is 11.5. The molecule has 0 fully saturated rings. The van der Waals surface area contributed by atoms with Gasteiger partial charge in [-0.25, -0.2) is 15.0 Å². The minimum Gasteiger partial charge on any atom is -0.456 e. The molecule has 0 bridgehead atoms. The SMILES string of the molecule is c1ccc(-c2ccc(-c3cccc(-c4nc(-c5ccc(-c6ccccc6)c(-n6c7ccccc7c7ccccc76)c5)nc(-c5ccc6c(c5)oc5ccccc56)n4)c3)cc2)cc1. The topological polar surface area (TPSA) is 56.7 Å². The van der Waals surface area contributed by atoms with Gasteiger partial charge in [-0.15, -0.1) is 0 Å². The van der Waals surface area contributed by atoms with E-state index in [1.54, 1.807) is 0 Å². The third-order valence-corrected chi connectivity index (χ3v) is 11.9. The first-order valence-corrected chi connectivity index (χ1v) is 20.8. The third kappa shape index (κ3) is 6.14. The number of aromatic nitrogens is 4. The molecular weight excluding hydrogens is 757 g/mol. The Hall–Kier alpha value is -8.41. The maximum absolute atomic E-state index is 6.35. The lowest BCUT2D eigenvalue weighted by Crippen LogP contribution is -2.02. The van der Waals surface area contributed by atoms with E-state index < -0.39 is 0 Å². The highest BCUT2D eigenvalue weighted by Crippen LogP contribution is 2.39. The Kier molecular flexibility index (Phi) is 8.42. The van der Waals surface area contributed by atoms with Crippen molar-refractivity contribution in [2.75, 3.05) is 0 Å². The lowest BCUT2D eigenvalue weighted by Gasteiger charge is -2.16. The highest BCUT2D eigenvalue weighted by molar-refractivity contribution is 6.10. The van der Waals surface area contributed by atoms with E-state index in [1.165, 1.54) is 21.9 Å². The molecule has 0 aliphatic rings. The van der Waals surface area contributed by atoms with Crippen LogP contribution in [0.4, 0.5) is 0 Å². The molecule has 3 aromatic heterocycles. The first kappa shape index (κ1) is 35.5. The van der Waals surface area contributed by atoms with Gasteiger partial charge in [-0.2, -0.15) is 0 Å². The molecule has 0 spiro atoms. The predicted octanol–water partition coefficient (Wildman–Crippen LogP) is 14.9. The Bertz CT molecular complexity index is 3570. The van der Waals surface area contributed by atoms with E-state index in [9.17, 15) is 0 Å². The molecule has 0 radical (unpaired) electrons. The summed E-state index contributed by atoms with van der Waals surface area (Å²) in [6.45, 7) is 0. The molecule has 9 aromatic carbocycles. The number of fused-ring (bicyclic) bond motifs is 6. The van der Waals surface area contributed by atoms with Crippen LogP contribution in [0.2, 0.25) is 0 Å². The molecule has 62 heavy (non-hydrogen) atoms. The van der Waals surface area contributed by atoms with Gasteiger partial charge < -0.3 is 8.98 Å². The second-order valence-corrected chi connectivity index (χ2v) is 15.6. The molecule has 0 saturated carbocycles. The first-order valence-electron chi connectivity index (χ1n) is 20.8. The Morgan fingerprint density at radius 3 is 1.42 bits per heavy atom. The Morgan fingerprint density at radius 1 is 0.290 bits per heavy atom. The van der Waals surface area contributed by atoms with Gasteiger partial charge in [0.2, 0.25) is 0 Å². The summed E-state index contributed by atoms with van der Waals surface area (Å²) in [5.74, 6) is 1.73. The van der Waals surface area contributed by atoms with Crippen LogP contribution in [0, 0.1) is 0 Å². The van der Waals surface area contributed by atoms with Gasteiger partial charge >= 0.3 is 0 Å². The van der Waals surface area contributed by atoms with Crippen molar-refractivity contribution in [3.63, 3.8) is 0 Å². The van der Waals surface area contributed by atoms with Crippen LogP contribution in [0.15, 0.2) is 223 Å². The van der Waals surface area contributed by atoms with Crippen LogP contribution in [0.5, 0.6) is 0 Å². The van der Waals surface area contributed by atoms with Crippen LogP contribution in [0.25, 0.3) is 117 Å². The standard InChI is InChI=1S/C57H36N4O/c1-3-14-37(15-4-1)38-26-28-39(29-27-38)41-18-13-19-42(34-41)55-58-56(60-57(59-55)44-31-33-49-48-22-9-12-25-53(48)62-54(49)36-44)43-30-32-45(40-16-5-2-6-17-40)52(35-43)61-50-23-10-7-20-46(50)47-21-8-11-24-51(47)61/h1-36H. The monoisotopic (exact) mass is 792 g/mol. The number of para-hydroxylation sites is 3. The summed E-state index contributed by atoms with van der Waals surface area (Å²) in [5.41, 5.74) is 14.4. The summed E-state index contributed by atoms with van der Waals surface area (Å²) < 4.78 is 8.73. The summed E-state index contributed by atoms with van der Waals surface area (Å²) in [6, 6.07) is 76.4. The lowest BCUT2D eigenvalue weighted by molar-refractivity contribution is 0.669. The Balaban J connectivity index is 1.05. The zero-order valence-corrected chi connectivity index (χ0v) is 33.5. The van der Waals surface area contributed by atoms with E-state index in [1.807, 2.05) is 30.3 Å². The molecule has 290 valence electrons. The summed E-state index contributed by atoms with van der Waals surface area (Å²) in [5, 5.41) is 4.54. The van der Waals surface area contributed by atoms with E-state index in [0.717, 1.165) is 77.6 Å². The summed E-state index contributed by atoms with van der Waals surface area (Å²) >= 11 is 0. The third-order valence-electron chi connectivity index (χ3n) is 11.9. The number of benzene rings is 9. The largest absolute Gasteiger partial charge is 0.456 e. The number of rotatable bonds is 7. The van der Waals surface area contributed by atoms with Gasteiger partial charge in [0, 0.05) is 43.8 Å². The van der Waals surface area contributed by atoms with Gasteiger partial charge in [0.15, 0.2) is 17.5 Å². The number of hydrogen-bond acceptors (Lipinski definition) is 4. The summed E-state index contributed by atoms with van der Waals surface area (Å²) in [7, 11) is 0. The second kappa shape index (κ2) is 14.7. The number of nitrogens with zero attached hydrogens (tertiary/aromatic N) is 4. The fourth-order valence-electron chi connectivity index (χ4n) is 8.85. The van der Waals surface area contributed by atoms with Gasteiger partial charge in [-0.3, -0.25) is 0 Å². The molecule has 0 aliphatic carbocycles. The quantitative estimate of drug-likeness (QED) is 0.161. The molecule has 0 saturated heterocycles. The summed E-state index contributed by atoms with van der Waals surface area (Å²) in [4.78, 5) is 15.7. The highest BCUT2D eigenvalue weighted by atomic mass is 16.3. The highest BCUT2D eigenvalue weighted by Gasteiger charge is 2.20. The van der Waals surface area contributed by atoms with E-state index in [4.69, 9.17) is 19.4 Å². The molecule has 12 aromatic rings. The van der Waals surface area contributed by atoms with Gasteiger partial charge in [0.1, 0.15) is 11.2 Å². The average Bonchev–Trinajstić information content (AvgIpc) is 3.90. The maximum Gasteiger partial charge on any atom is 0.164 e. The first-order chi connectivity index (χ1) is 30.7. The van der Waals surface area contributed by atoms with Crippen molar-refractivity contribution >= 4 is 43.7 Å². The average molecular weight is 793 g/mol. The van der Waals surface area contributed by atoms with Crippen molar-refractivity contribution in [3.8, 4) is 73.2 Å². The van der Waals surface area contributed by atoms with E-state index in [0.29, 0.717) is 17.5 Å². The number of furan rings is 1. The smallest absolute Gasteiger partial charge is 0.164 e. The lowest BCUT2D eigenvalue weighted by atomic mass is 9.99. The molecule has 3 heterocycles. The van der Waals surface area contributed by atoms with Crippen molar-refractivity contribution in [1.82, 2.24) is 19.5 Å². The minimum atomic E-state index is 0.565. The van der Waals surface area contributed by atoms with Crippen LogP contribution in [0.1, 0.15) is 0 Å². The van der Waals surface area contributed by atoms with Crippen molar-refractivity contribution in [3.05, 3.63) is 218 Å². The molecule has 12 rings (SSSR count). The van der Waals surface area contributed by atoms with Gasteiger partial charge in [0.05, 0.1) is 16.7 Å².